The second kappa shape index (κ2) is 14.4. The van der Waals surface area contributed by atoms with Crippen molar-refractivity contribution in [2.45, 2.75) is 109 Å². The molecule has 0 aromatic heterocycles. The largest absolute Gasteiger partial charge is 0.199 e. The van der Waals surface area contributed by atoms with Crippen molar-refractivity contribution >= 4 is 0 Å². The van der Waals surface area contributed by atoms with Crippen molar-refractivity contribution in [2.75, 3.05) is 0 Å². The van der Waals surface area contributed by atoms with Gasteiger partial charge in [0, 0.05) is 0 Å². The predicted molar refractivity (Wildman–Crippen MR) is 138 cm³/mol. The first-order chi connectivity index (χ1) is 16.2. The van der Waals surface area contributed by atoms with E-state index in [1.165, 1.54) is 114 Å². The molecule has 0 N–H and O–H groups in total. The summed E-state index contributed by atoms with van der Waals surface area (Å²) in [6.45, 7) is 2.27. The Morgan fingerprint density at radius 1 is 0.909 bits per heavy atom. The molecular formula is C31H44FN. The number of nitrogens with zero attached hydrogens (tertiary/aromatic N) is 1. The van der Waals surface area contributed by atoms with Crippen molar-refractivity contribution in [1.29, 1.82) is 5.26 Å². The maximum absolute atomic E-state index is 12.8. The minimum Gasteiger partial charge on any atom is -0.195 e. The van der Waals surface area contributed by atoms with Gasteiger partial charge >= 0.3 is 0 Å². The lowest BCUT2D eigenvalue weighted by atomic mass is 9.76. The number of allylic oxidation sites excluding steroid dienone is 4. The minimum absolute atomic E-state index is 0.562. The van der Waals surface area contributed by atoms with Crippen LogP contribution in [0.4, 0.5) is 4.39 Å². The number of nitriles is 1. The van der Waals surface area contributed by atoms with Gasteiger partial charge in [-0.05, 0) is 105 Å². The molecule has 1 nitrogen and oxygen atoms in total. The van der Waals surface area contributed by atoms with E-state index in [0.717, 1.165) is 17.8 Å². The first-order valence-electron chi connectivity index (χ1n) is 13.7. The van der Waals surface area contributed by atoms with E-state index >= 15 is 0 Å². The summed E-state index contributed by atoms with van der Waals surface area (Å²) in [5.74, 6) is 2.49. The Morgan fingerprint density at radius 3 is 2.09 bits per heavy atom. The van der Waals surface area contributed by atoms with Crippen LogP contribution in [0.2, 0.25) is 0 Å². The topological polar surface area (TPSA) is 23.8 Å². The minimum atomic E-state index is -0.704. The zero-order chi connectivity index (χ0) is 23.3. The Hall–Kier alpha value is -1.88. The molecule has 1 aromatic carbocycles. The van der Waals surface area contributed by atoms with Crippen LogP contribution in [-0.2, 0) is 6.42 Å². The molecule has 2 aliphatic carbocycles. The standard InChI is InChI=1S/C31H44FN/c1-2-3-7-25-16-20-29(21-17-25)30-22-18-27(19-23-30)9-5-4-8-26-12-14-28(15-13-26)10-6-11-31(32)24-33/h6,10-11,16-17,20-21,26-28,30H,2-5,7-9,12-15,18-19,22-23H2,1H3/b10-6+,31-11-/t26-,27-,28-,30-. The average molecular weight is 450 g/mol. The number of halogens is 1. The van der Waals surface area contributed by atoms with Gasteiger partial charge in [0.15, 0.2) is 5.83 Å². The van der Waals surface area contributed by atoms with Crippen molar-refractivity contribution in [3.63, 3.8) is 0 Å². The molecular weight excluding hydrogens is 405 g/mol. The van der Waals surface area contributed by atoms with Crippen LogP contribution < -0.4 is 0 Å². The smallest absolute Gasteiger partial charge is 0.195 e. The Labute approximate surface area is 202 Å². The van der Waals surface area contributed by atoms with E-state index in [4.69, 9.17) is 5.26 Å². The molecule has 0 aliphatic heterocycles. The average Bonchev–Trinajstić information content (AvgIpc) is 2.87. The number of hydrogen-bond donors (Lipinski definition) is 0. The van der Waals surface area contributed by atoms with Gasteiger partial charge in [-0.2, -0.15) is 9.65 Å². The molecule has 0 unspecified atom stereocenters. The fourth-order valence-electron chi connectivity index (χ4n) is 5.99. The highest BCUT2D eigenvalue weighted by Gasteiger charge is 2.23. The number of benzene rings is 1. The van der Waals surface area contributed by atoms with E-state index in [1.54, 1.807) is 11.6 Å². The number of hydrogen-bond acceptors (Lipinski definition) is 1. The van der Waals surface area contributed by atoms with Crippen molar-refractivity contribution in [1.82, 2.24) is 0 Å². The number of rotatable bonds is 11. The molecule has 2 heteroatoms. The second-order valence-electron chi connectivity index (χ2n) is 10.6. The van der Waals surface area contributed by atoms with Gasteiger partial charge < -0.3 is 0 Å². The molecule has 33 heavy (non-hydrogen) atoms. The number of aryl methyl sites for hydroxylation is 1. The Morgan fingerprint density at radius 2 is 1.52 bits per heavy atom. The summed E-state index contributed by atoms with van der Waals surface area (Å²) in [5.41, 5.74) is 3.08. The van der Waals surface area contributed by atoms with Crippen molar-refractivity contribution < 1.29 is 4.39 Å². The Bertz CT molecular complexity index is 768. The van der Waals surface area contributed by atoms with Crippen molar-refractivity contribution in [3.8, 4) is 6.07 Å². The molecule has 2 saturated carbocycles. The molecule has 0 amide bonds. The quantitative estimate of drug-likeness (QED) is 0.187. The molecule has 0 heterocycles. The van der Waals surface area contributed by atoms with Crippen LogP contribution in [0.5, 0.6) is 0 Å². The van der Waals surface area contributed by atoms with Gasteiger partial charge in [0.2, 0.25) is 0 Å². The van der Waals surface area contributed by atoms with Gasteiger partial charge in [-0.1, -0.05) is 75.4 Å². The van der Waals surface area contributed by atoms with Gasteiger partial charge in [-0.3, -0.25) is 0 Å². The summed E-state index contributed by atoms with van der Waals surface area (Å²) in [5, 5.41) is 8.45. The lowest BCUT2D eigenvalue weighted by Gasteiger charge is -2.29. The summed E-state index contributed by atoms with van der Waals surface area (Å²) >= 11 is 0. The van der Waals surface area contributed by atoms with E-state index in [-0.39, 0.29) is 0 Å². The maximum Gasteiger partial charge on any atom is 0.199 e. The van der Waals surface area contributed by atoms with Crippen LogP contribution in [0.15, 0.2) is 48.3 Å². The van der Waals surface area contributed by atoms with Gasteiger partial charge in [0.25, 0.3) is 0 Å². The van der Waals surface area contributed by atoms with Crippen LogP contribution in [0, 0.1) is 29.1 Å². The van der Waals surface area contributed by atoms with Gasteiger partial charge in [-0.15, -0.1) is 0 Å². The van der Waals surface area contributed by atoms with Crippen LogP contribution in [-0.4, -0.2) is 0 Å². The fraction of sp³-hybridized carbons (Fsp3) is 0.645. The fourth-order valence-corrected chi connectivity index (χ4v) is 5.99. The highest BCUT2D eigenvalue weighted by atomic mass is 19.1. The number of unbranched alkanes of at least 4 members (excludes halogenated alkanes) is 2. The normalized spacial score (nSPS) is 26.4. The van der Waals surface area contributed by atoms with Crippen LogP contribution in [0.25, 0.3) is 0 Å². The summed E-state index contributed by atoms with van der Waals surface area (Å²) in [4.78, 5) is 0. The molecule has 0 saturated heterocycles. The van der Waals surface area contributed by atoms with E-state index in [2.05, 4.69) is 37.3 Å². The first-order valence-corrected chi connectivity index (χ1v) is 13.7. The van der Waals surface area contributed by atoms with Crippen LogP contribution in [0.3, 0.4) is 0 Å². The predicted octanol–water partition coefficient (Wildman–Crippen LogP) is 9.60. The van der Waals surface area contributed by atoms with Gasteiger partial charge in [0.05, 0.1) is 0 Å². The van der Waals surface area contributed by atoms with Gasteiger partial charge in [-0.25, -0.2) is 0 Å². The first kappa shape index (κ1) is 25.7. The van der Waals surface area contributed by atoms with Crippen LogP contribution in [0.1, 0.15) is 114 Å². The Balaban J connectivity index is 1.25. The molecule has 0 atom stereocenters. The van der Waals surface area contributed by atoms with Crippen LogP contribution >= 0.6 is 0 Å². The zero-order valence-corrected chi connectivity index (χ0v) is 20.8. The molecule has 180 valence electrons. The molecule has 0 bridgehead atoms. The summed E-state index contributed by atoms with van der Waals surface area (Å²) in [6, 6.07) is 11.1. The monoisotopic (exact) mass is 449 g/mol. The molecule has 2 fully saturated rings. The van der Waals surface area contributed by atoms with Crippen molar-refractivity contribution in [3.05, 3.63) is 59.4 Å². The maximum atomic E-state index is 12.8. The molecule has 2 aliphatic rings. The van der Waals surface area contributed by atoms with E-state index < -0.39 is 5.83 Å². The van der Waals surface area contributed by atoms with E-state index in [1.807, 2.05) is 0 Å². The van der Waals surface area contributed by atoms with Crippen molar-refractivity contribution in [2.24, 2.45) is 17.8 Å². The summed E-state index contributed by atoms with van der Waals surface area (Å²) < 4.78 is 12.8. The summed E-state index contributed by atoms with van der Waals surface area (Å²) in [7, 11) is 0. The molecule has 0 radical (unpaired) electrons. The third-order valence-corrected chi connectivity index (χ3v) is 8.22. The lowest BCUT2D eigenvalue weighted by molar-refractivity contribution is 0.273. The summed E-state index contributed by atoms with van der Waals surface area (Å²) in [6.07, 6.45) is 25.1. The van der Waals surface area contributed by atoms with E-state index in [9.17, 15) is 4.39 Å². The SMILES string of the molecule is CCCCc1ccc([C@H]2CC[C@H](CCCC[C@H]3CC[C@H](/C=C/C=C(\F)C#N)CC3)CC2)cc1. The third-order valence-electron chi connectivity index (χ3n) is 8.22. The highest BCUT2D eigenvalue weighted by molar-refractivity contribution is 5.26. The third kappa shape index (κ3) is 9.11. The molecule has 0 spiro atoms. The highest BCUT2D eigenvalue weighted by Crippen LogP contribution is 2.38. The molecule has 1 aromatic rings. The van der Waals surface area contributed by atoms with E-state index in [0.29, 0.717) is 5.92 Å². The van der Waals surface area contributed by atoms with Gasteiger partial charge in [0.1, 0.15) is 6.07 Å². The Kier molecular flexibility index (Phi) is 11.2. The second-order valence-corrected chi connectivity index (χ2v) is 10.6. The molecule has 3 rings (SSSR count). The lowest BCUT2D eigenvalue weighted by Crippen LogP contribution is -2.14. The zero-order valence-electron chi connectivity index (χ0n) is 20.8.